The fraction of sp³-hybridized carbons (Fsp3) is 0.583. The van der Waals surface area contributed by atoms with Crippen molar-refractivity contribution >= 4 is 11.8 Å². The Kier molecular flexibility index (Phi) is 2.60. The Labute approximate surface area is 110 Å². The predicted molar refractivity (Wildman–Crippen MR) is 64.2 cm³/mol. The van der Waals surface area contributed by atoms with E-state index in [1.54, 1.807) is 16.2 Å². The number of carbonyl (C=O) groups excluding carboxylic acids is 2. The van der Waals surface area contributed by atoms with E-state index in [1.165, 1.54) is 0 Å². The van der Waals surface area contributed by atoms with Crippen molar-refractivity contribution in [2.45, 2.75) is 32.9 Å². The summed E-state index contributed by atoms with van der Waals surface area (Å²) in [6.45, 7) is 3.66. The third-order valence-corrected chi connectivity index (χ3v) is 3.94. The van der Waals surface area contributed by atoms with Gasteiger partial charge in [-0.1, -0.05) is 6.92 Å². The van der Waals surface area contributed by atoms with Crippen LogP contribution in [0, 0.1) is 5.41 Å². The summed E-state index contributed by atoms with van der Waals surface area (Å²) in [5.74, 6) is -0.443. The van der Waals surface area contributed by atoms with Crippen LogP contribution in [0.25, 0.3) is 0 Å². The number of nitrogens with one attached hydrogen (secondary N) is 1. The van der Waals surface area contributed by atoms with Gasteiger partial charge < -0.3 is 4.90 Å². The number of nitrogens with zero attached hydrogens (tertiary/aromatic N) is 3. The van der Waals surface area contributed by atoms with Crippen molar-refractivity contribution in [1.29, 1.82) is 0 Å². The maximum absolute atomic E-state index is 12.3. The number of hydrogen-bond acceptors (Lipinski definition) is 4. The van der Waals surface area contributed by atoms with Crippen LogP contribution in [0.15, 0.2) is 6.07 Å². The molecule has 19 heavy (non-hydrogen) atoms. The van der Waals surface area contributed by atoms with E-state index in [2.05, 4.69) is 5.10 Å². The van der Waals surface area contributed by atoms with Crippen molar-refractivity contribution in [3.05, 3.63) is 17.5 Å². The van der Waals surface area contributed by atoms with E-state index < -0.39 is 5.91 Å². The molecule has 1 aliphatic heterocycles. The molecule has 7 nitrogen and oxygen atoms in total. The molecular weight excluding hydrogens is 248 g/mol. The number of aromatic nitrogens is 2. The largest absolute Gasteiger partial charge is 0.334 e. The Morgan fingerprint density at radius 2 is 2.16 bits per heavy atom. The molecule has 102 valence electrons. The molecule has 1 saturated carbocycles. The Morgan fingerprint density at radius 1 is 1.42 bits per heavy atom. The molecule has 2 amide bonds. The van der Waals surface area contributed by atoms with E-state index in [0.717, 1.165) is 18.5 Å². The van der Waals surface area contributed by atoms with Gasteiger partial charge >= 0.3 is 0 Å². The van der Waals surface area contributed by atoms with Crippen LogP contribution < -0.4 is 5.48 Å². The lowest BCUT2D eigenvalue weighted by Gasteiger charge is -2.29. The molecule has 2 heterocycles. The number of fused-ring (bicyclic) bond motifs is 1. The van der Waals surface area contributed by atoms with Crippen molar-refractivity contribution in [3.63, 3.8) is 0 Å². The number of hydroxylamine groups is 1. The zero-order valence-corrected chi connectivity index (χ0v) is 10.7. The first-order valence-electron chi connectivity index (χ1n) is 6.34. The third kappa shape index (κ3) is 1.99. The number of amides is 2. The van der Waals surface area contributed by atoms with Gasteiger partial charge in [0.1, 0.15) is 0 Å². The molecule has 1 aliphatic carbocycles. The van der Waals surface area contributed by atoms with Gasteiger partial charge in [0, 0.05) is 12.0 Å². The van der Waals surface area contributed by atoms with Crippen LogP contribution in [-0.2, 0) is 17.9 Å². The molecular formula is C12H16N4O3. The Bertz CT molecular complexity index is 547. The van der Waals surface area contributed by atoms with Crippen LogP contribution in [-0.4, -0.2) is 38.2 Å². The standard InChI is InChI=1S/C12H16N4O3/c1-12(2-3-12)11(18)15-4-5-16-8(7-15)6-9(13-16)10(17)14-19/h6,19H,2-5,7H2,1H3,(H,14,17). The highest BCUT2D eigenvalue weighted by atomic mass is 16.5. The zero-order chi connectivity index (χ0) is 13.6. The topological polar surface area (TPSA) is 87.5 Å². The highest BCUT2D eigenvalue weighted by molar-refractivity contribution is 5.91. The normalized spacial score (nSPS) is 19.8. The third-order valence-electron chi connectivity index (χ3n) is 3.94. The van der Waals surface area contributed by atoms with Gasteiger partial charge in [-0.15, -0.1) is 0 Å². The van der Waals surface area contributed by atoms with Gasteiger partial charge in [-0.3, -0.25) is 19.5 Å². The van der Waals surface area contributed by atoms with Crippen molar-refractivity contribution in [2.24, 2.45) is 5.41 Å². The van der Waals surface area contributed by atoms with Gasteiger partial charge in [0.25, 0.3) is 5.91 Å². The minimum absolute atomic E-state index is 0.171. The summed E-state index contributed by atoms with van der Waals surface area (Å²) < 4.78 is 1.71. The molecule has 3 rings (SSSR count). The second kappa shape index (κ2) is 4.06. The SMILES string of the molecule is CC1(C(=O)N2CCn3nc(C(=O)NO)cc3C2)CC1. The highest BCUT2D eigenvalue weighted by Crippen LogP contribution is 2.46. The van der Waals surface area contributed by atoms with Crippen molar-refractivity contribution < 1.29 is 14.8 Å². The maximum Gasteiger partial charge on any atom is 0.295 e. The monoisotopic (exact) mass is 264 g/mol. The molecule has 2 N–H and O–H groups in total. The fourth-order valence-electron chi connectivity index (χ4n) is 2.39. The number of carbonyl (C=O) groups is 2. The van der Waals surface area contributed by atoms with Crippen LogP contribution in [0.3, 0.4) is 0 Å². The van der Waals surface area contributed by atoms with Crippen molar-refractivity contribution in [1.82, 2.24) is 20.2 Å². The van der Waals surface area contributed by atoms with Gasteiger partial charge in [-0.25, -0.2) is 5.48 Å². The highest BCUT2D eigenvalue weighted by Gasteiger charge is 2.47. The molecule has 2 aliphatic rings. The van der Waals surface area contributed by atoms with Gasteiger partial charge in [-0.05, 0) is 18.9 Å². The molecule has 1 fully saturated rings. The lowest BCUT2D eigenvalue weighted by molar-refractivity contribution is -0.137. The first-order chi connectivity index (χ1) is 9.03. The molecule has 0 spiro atoms. The molecule has 0 saturated heterocycles. The summed E-state index contributed by atoms with van der Waals surface area (Å²) in [6.07, 6.45) is 1.92. The van der Waals surface area contributed by atoms with E-state index in [9.17, 15) is 9.59 Å². The summed E-state index contributed by atoms with van der Waals surface area (Å²) in [5.41, 5.74) is 2.38. The second-order valence-electron chi connectivity index (χ2n) is 5.47. The molecule has 0 aromatic carbocycles. The van der Waals surface area contributed by atoms with Crippen LogP contribution in [0.2, 0.25) is 0 Å². The first kappa shape index (κ1) is 12.2. The molecule has 0 atom stereocenters. The summed E-state index contributed by atoms with van der Waals surface area (Å²) >= 11 is 0. The van der Waals surface area contributed by atoms with E-state index >= 15 is 0 Å². The zero-order valence-electron chi connectivity index (χ0n) is 10.7. The molecule has 1 aromatic rings. The lowest BCUT2D eigenvalue weighted by atomic mass is 10.1. The molecule has 7 heteroatoms. The molecule has 1 aromatic heterocycles. The summed E-state index contributed by atoms with van der Waals surface area (Å²) in [6, 6.07) is 1.61. The molecule has 0 bridgehead atoms. The van der Waals surface area contributed by atoms with E-state index in [-0.39, 0.29) is 17.0 Å². The van der Waals surface area contributed by atoms with Crippen molar-refractivity contribution in [3.8, 4) is 0 Å². The molecule has 0 radical (unpaired) electrons. The average Bonchev–Trinajstić information content (AvgIpc) is 3.03. The van der Waals surface area contributed by atoms with Gasteiger partial charge in [0.2, 0.25) is 5.91 Å². The Morgan fingerprint density at radius 3 is 2.79 bits per heavy atom. The number of hydrogen-bond donors (Lipinski definition) is 2. The van der Waals surface area contributed by atoms with Crippen LogP contribution in [0.1, 0.15) is 35.9 Å². The minimum Gasteiger partial charge on any atom is -0.334 e. The lowest BCUT2D eigenvalue weighted by Crippen LogP contribution is -2.41. The van der Waals surface area contributed by atoms with Crippen LogP contribution in [0.4, 0.5) is 0 Å². The minimum atomic E-state index is -0.631. The van der Waals surface area contributed by atoms with E-state index in [4.69, 9.17) is 5.21 Å². The maximum atomic E-state index is 12.3. The number of rotatable bonds is 2. The van der Waals surface area contributed by atoms with Gasteiger partial charge in [0.05, 0.1) is 18.8 Å². The van der Waals surface area contributed by atoms with Crippen molar-refractivity contribution in [2.75, 3.05) is 6.54 Å². The van der Waals surface area contributed by atoms with Gasteiger partial charge in [0.15, 0.2) is 5.69 Å². The fourth-order valence-corrected chi connectivity index (χ4v) is 2.39. The van der Waals surface area contributed by atoms with Crippen LogP contribution >= 0.6 is 0 Å². The second-order valence-corrected chi connectivity index (χ2v) is 5.47. The van der Waals surface area contributed by atoms with Crippen LogP contribution in [0.5, 0.6) is 0 Å². The van der Waals surface area contributed by atoms with E-state index in [1.807, 2.05) is 11.8 Å². The Hall–Kier alpha value is -1.89. The quantitative estimate of drug-likeness (QED) is 0.587. The summed E-state index contributed by atoms with van der Waals surface area (Å²) in [4.78, 5) is 25.4. The summed E-state index contributed by atoms with van der Waals surface area (Å²) in [7, 11) is 0. The predicted octanol–water partition coefficient (Wildman–Crippen LogP) is 0.144. The van der Waals surface area contributed by atoms with E-state index in [0.29, 0.717) is 19.6 Å². The molecule has 0 unspecified atom stereocenters. The Balaban J connectivity index is 1.78. The van der Waals surface area contributed by atoms with Gasteiger partial charge in [-0.2, -0.15) is 5.10 Å². The summed E-state index contributed by atoms with van der Waals surface area (Å²) in [5, 5.41) is 12.7. The first-order valence-corrected chi connectivity index (χ1v) is 6.34. The average molecular weight is 264 g/mol. The smallest absolute Gasteiger partial charge is 0.295 e.